The molecule has 2 amide bonds. The Morgan fingerprint density at radius 2 is 2.13 bits per heavy atom. The van der Waals surface area contributed by atoms with Crippen LogP contribution >= 0.6 is 0 Å². The van der Waals surface area contributed by atoms with E-state index in [1.165, 1.54) is 6.20 Å². The molecule has 0 unspecified atom stereocenters. The summed E-state index contributed by atoms with van der Waals surface area (Å²) in [5.41, 5.74) is 7.66. The largest absolute Gasteiger partial charge is 0.383 e. The lowest BCUT2D eigenvalue weighted by molar-refractivity contribution is -0.145. The van der Waals surface area contributed by atoms with Crippen LogP contribution in [0.4, 0.5) is 11.5 Å². The minimum absolute atomic E-state index is 0.245. The number of amides is 2. The van der Waals surface area contributed by atoms with Crippen LogP contribution in [0, 0.1) is 12.8 Å². The molecule has 2 aromatic rings. The Balaban J connectivity index is 1.82. The molecule has 0 aliphatic carbocycles. The zero-order chi connectivity index (χ0) is 21.8. The lowest BCUT2D eigenvalue weighted by atomic mass is 9.90. The van der Waals surface area contributed by atoms with Crippen LogP contribution in [0.15, 0.2) is 30.6 Å². The molecule has 1 aliphatic heterocycles. The van der Waals surface area contributed by atoms with Gasteiger partial charge in [0.05, 0.1) is 29.5 Å². The summed E-state index contributed by atoms with van der Waals surface area (Å²) in [4.78, 5) is 31.4. The smallest absolute Gasteiger partial charge is 0.313 e. The molecule has 2 atom stereocenters. The van der Waals surface area contributed by atoms with Gasteiger partial charge < -0.3 is 16.0 Å². The van der Waals surface area contributed by atoms with Gasteiger partial charge in [-0.25, -0.2) is 4.98 Å². The van der Waals surface area contributed by atoms with Crippen LogP contribution in [0.1, 0.15) is 32.3 Å². The van der Waals surface area contributed by atoms with Gasteiger partial charge in [0.2, 0.25) is 0 Å². The number of hydrogen-bond acceptors (Lipinski definition) is 5. The van der Waals surface area contributed by atoms with Crippen molar-refractivity contribution >= 4 is 35.5 Å². The Morgan fingerprint density at radius 3 is 2.83 bits per heavy atom. The number of nitrogens with two attached hydrogens (primary N) is 1. The van der Waals surface area contributed by atoms with Crippen molar-refractivity contribution in [2.45, 2.75) is 39.7 Å². The predicted molar refractivity (Wildman–Crippen MR) is 117 cm³/mol. The molecule has 0 spiro atoms. The number of nitrogens with one attached hydrogen (secondary N) is 2. The molecule has 30 heavy (non-hydrogen) atoms. The highest BCUT2D eigenvalue weighted by Crippen LogP contribution is 2.27. The number of likely N-dealkylation sites (tertiary alicyclic amines) is 1. The SMILES string of the molecule is C=C(/C=c1/cn[nH]/c1=C/C)[C@@H]1CC[C@H](C)CN1C(=O)C(=O)Nc1cnc(N)c(C)c1. The number of anilines is 2. The van der Waals surface area contributed by atoms with E-state index >= 15 is 0 Å². The number of aromatic amines is 1. The number of aryl methyl sites for hydroxylation is 1. The van der Waals surface area contributed by atoms with E-state index in [9.17, 15) is 9.59 Å². The second-order valence-corrected chi connectivity index (χ2v) is 7.78. The number of aromatic nitrogens is 3. The first kappa shape index (κ1) is 21.3. The maximum absolute atomic E-state index is 13.0. The van der Waals surface area contributed by atoms with Gasteiger partial charge in [0.15, 0.2) is 0 Å². The van der Waals surface area contributed by atoms with E-state index in [0.29, 0.717) is 24.0 Å². The number of carbonyl (C=O) groups excluding carboxylic acids is 2. The first-order valence-corrected chi connectivity index (χ1v) is 10.0. The molecule has 0 saturated carbocycles. The highest BCUT2D eigenvalue weighted by Gasteiger charge is 2.34. The van der Waals surface area contributed by atoms with Gasteiger partial charge in [-0.2, -0.15) is 5.10 Å². The Hall–Kier alpha value is -3.42. The first-order chi connectivity index (χ1) is 14.3. The number of rotatable bonds is 3. The quantitative estimate of drug-likeness (QED) is 0.658. The Bertz CT molecular complexity index is 1090. The van der Waals surface area contributed by atoms with Gasteiger partial charge in [-0.3, -0.25) is 14.7 Å². The fraction of sp³-hybridized carbons (Fsp3) is 0.364. The Kier molecular flexibility index (Phi) is 6.34. The third-order valence-corrected chi connectivity index (χ3v) is 5.41. The number of pyridine rings is 1. The molecule has 158 valence electrons. The lowest BCUT2D eigenvalue weighted by Crippen LogP contribution is -2.51. The monoisotopic (exact) mass is 408 g/mol. The average molecular weight is 409 g/mol. The van der Waals surface area contributed by atoms with Crippen LogP contribution in [0.3, 0.4) is 0 Å². The van der Waals surface area contributed by atoms with Crippen molar-refractivity contribution in [3.63, 3.8) is 0 Å². The van der Waals surface area contributed by atoms with Crippen molar-refractivity contribution < 1.29 is 9.59 Å². The third kappa shape index (κ3) is 4.59. The molecule has 3 heterocycles. The highest BCUT2D eigenvalue weighted by atomic mass is 16.2. The van der Waals surface area contributed by atoms with E-state index in [4.69, 9.17) is 5.73 Å². The van der Waals surface area contributed by atoms with Gasteiger partial charge in [-0.05, 0) is 55.9 Å². The molecule has 8 heteroatoms. The second kappa shape index (κ2) is 8.94. The molecule has 1 saturated heterocycles. The normalized spacial score (nSPS) is 20.3. The standard InChI is InChI=1S/C22H28N6O2/c1-5-18-16(10-25-27-18)8-14(3)19-7-6-13(2)12-28(19)22(30)21(29)26-17-9-15(4)20(23)24-11-17/h5,8-11,13,19,27H,3,6-7,12H2,1-2,4H3,(H2,23,24)(H,26,29)/b16-8-,18-5+/t13-,19-/m0/s1. The van der Waals surface area contributed by atoms with Gasteiger partial charge in [0.25, 0.3) is 0 Å². The lowest BCUT2D eigenvalue weighted by Gasteiger charge is -2.38. The van der Waals surface area contributed by atoms with Crippen molar-refractivity contribution in [3.05, 3.63) is 46.7 Å². The topological polar surface area (TPSA) is 117 Å². The maximum atomic E-state index is 13.0. The molecule has 2 aromatic heterocycles. The molecule has 4 N–H and O–H groups in total. The molecule has 1 fully saturated rings. The van der Waals surface area contributed by atoms with E-state index in [-0.39, 0.29) is 6.04 Å². The Morgan fingerprint density at radius 1 is 1.37 bits per heavy atom. The second-order valence-electron chi connectivity index (χ2n) is 7.78. The van der Waals surface area contributed by atoms with E-state index in [0.717, 1.165) is 34.5 Å². The molecule has 3 rings (SSSR count). The minimum atomic E-state index is -0.696. The number of hydrogen-bond donors (Lipinski definition) is 3. The molecule has 8 nitrogen and oxygen atoms in total. The van der Waals surface area contributed by atoms with E-state index in [1.807, 2.05) is 19.1 Å². The summed E-state index contributed by atoms with van der Waals surface area (Å²) in [6.45, 7) is 10.5. The molecule has 0 radical (unpaired) electrons. The molecular weight excluding hydrogens is 380 g/mol. The molecule has 1 aliphatic rings. The highest BCUT2D eigenvalue weighted by molar-refractivity contribution is 6.39. The number of piperidine rings is 1. The van der Waals surface area contributed by atoms with Crippen molar-refractivity contribution in [2.75, 3.05) is 17.6 Å². The van der Waals surface area contributed by atoms with Gasteiger partial charge in [-0.15, -0.1) is 0 Å². The Labute approximate surface area is 175 Å². The van der Waals surface area contributed by atoms with Gasteiger partial charge in [0, 0.05) is 11.8 Å². The average Bonchev–Trinajstić information content (AvgIpc) is 3.17. The fourth-order valence-electron chi connectivity index (χ4n) is 3.68. The van der Waals surface area contributed by atoms with Crippen LogP contribution in [0.5, 0.6) is 0 Å². The first-order valence-electron chi connectivity index (χ1n) is 10.0. The summed E-state index contributed by atoms with van der Waals surface area (Å²) in [5, 5.41) is 11.4. The number of carbonyl (C=O) groups is 2. The minimum Gasteiger partial charge on any atom is -0.383 e. The van der Waals surface area contributed by atoms with Crippen molar-refractivity contribution in [2.24, 2.45) is 5.92 Å². The summed E-state index contributed by atoms with van der Waals surface area (Å²) in [6, 6.07) is 1.45. The zero-order valence-corrected chi connectivity index (χ0v) is 17.6. The van der Waals surface area contributed by atoms with Crippen molar-refractivity contribution in [1.29, 1.82) is 0 Å². The number of nitrogen functional groups attached to an aromatic ring is 1. The third-order valence-electron chi connectivity index (χ3n) is 5.41. The van der Waals surface area contributed by atoms with Crippen molar-refractivity contribution in [1.82, 2.24) is 20.1 Å². The summed E-state index contributed by atoms with van der Waals surface area (Å²) in [5.74, 6) is -0.581. The van der Waals surface area contributed by atoms with Crippen molar-refractivity contribution in [3.8, 4) is 0 Å². The molecule has 0 bridgehead atoms. The molecule has 0 aromatic carbocycles. The fourth-order valence-corrected chi connectivity index (χ4v) is 3.68. The van der Waals surface area contributed by atoms with Gasteiger partial charge in [-0.1, -0.05) is 19.6 Å². The van der Waals surface area contributed by atoms with Crippen LogP contribution in [-0.4, -0.2) is 44.5 Å². The van der Waals surface area contributed by atoms with Crippen LogP contribution in [-0.2, 0) is 9.59 Å². The van der Waals surface area contributed by atoms with Crippen LogP contribution in [0.2, 0.25) is 0 Å². The van der Waals surface area contributed by atoms with Crippen LogP contribution in [0.25, 0.3) is 12.2 Å². The van der Waals surface area contributed by atoms with Gasteiger partial charge >= 0.3 is 11.8 Å². The van der Waals surface area contributed by atoms with Crippen LogP contribution < -0.4 is 21.6 Å². The van der Waals surface area contributed by atoms with E-state index in [2.05, 4.69) is 34.0 Å². The summed E-state index contributed by atoms with van der Waals surface area (Å²) in [7, 11) is 0. The summed E-state index contributed by atoms with van der Waals surface area (Å²) in [6.07, 6.45) is 8.72. The summed E-state index contributed by atoms with van der Waals surface area (Å²) < 4.78 is 0. The molecular formula is C22H28N6O2. The zero-order valence-electron chi connectivity index (χ0n) is 17.6. The van der Waals surface area contributed by atoms with E-state index in [1.54, 1.807) is 24.1 Å². The number of H-pyrrole nitrogens is 1. The summed E-state index contributed by atoms with van der Waals surface area (Å²) >= 11 is 0. The van der Waals surface area contributed by atoms with Gasteiger partial charge in [0.1, 0.15) is 5.82 Å². The predicted octanol–water partition coefficient (Wildman–Crippen LogP) is 1.10. The maximum Gasteiger partial charge on any atom is 0.313 e. The van der Waals surface area contributed by atoms with E-state index < -0.39 is 11.8 Å². The number of nitrogens with zero attached hydrogens (tertiary/aromatic N) is 3.